The Hall–Kier alpha value is -2.98. The molecule has 0 aromatic heterocycles. The first-order chi connectivity index (χ1) is 13.2. The van der Waals surface area contributed by atoms with Gasteiger partial charge in [0.15, 0.2) is 0 Å². The molecule has 0 atom stereocenters. The van der Waals surface area contributed by atoms with Crippen molar-refractivity contribution < 1.29 is 14.3 Å². The van der Waals surface area contributed by atoms with Gasteiger partial charge in [0.1, 0.15) is 17.2 Å². The lowest BCUT2D eigenvalue weighted by Crippen LogP contribution is -2.12. The van der Waals surface area contributed by atoms with E-state index in [1.807, 2.05) is 66.7 Å². The molecule has 3 aromatic carbocycles. The van der Waals surface area contributed by atoms with Crippen LogP contribution in [0.4, 0.5) is 5.69 Å². The van der Waals surface area contributed by atoms with Crippen molar-refractivity contribution in [2.45, 2.75) is 12.8 Å². The Morgan fingerprint density at radius 2 is 1.44 bits per heavy atom. The highest BCUT2D eigenvalue weighted by Crippen LogP contribution is 2.22. The van der Waals surface area contributed by atoms with E-state index < -0.39 is 0 Å². The van der Waals surface area contributed by atoms with Crippen LogP contribution in [0.15, 0.2) is 78.9 Å². The topological polar surface area (TPSA) is 47.6 Å². The zero-order valence-electron chi connectivity index (χ0n) is 14.7. The monoisotopic (exact) mass is 381 g/mol. The van der Waals surface area contributed by atoms with E-state index in [9.17, 15) is 4.79 Å². The van der Waals surface area contributed by atoms with Crippen molar-refractivity contribution in [3.8, 4) is 17.2 Å². The molecule has 0 bridgehead atoms. The average Bonchev–Trinajstić information content (AvgIpc) is 2.69. The Morgan fingerprint density at radius 1 is 0.815 bits per heavy atom. The highest BCUT2D eigenvalue weighted by Gasteiger charge is 2.04. The molecule has 0 fully saturated rings. The van der Waals surface area contributed by atoms with Crippen LogP contribution >= 0.6 is 11.6 Å². The molecule has 138 valence electrons. The fourth-order valence-corrected chi connectivity index (χ4v) is 2.53. The van der Waals surface area contributed by atoms with Crippen molar-refractivity contribution in [3.63, 3.8) is 0 Å². The number of anilines is 1. The summed E-state index contributed by atoms with van der Waals surface area (Å²) in [7, 11) is 0. The molecule has 3 rings (SSSR count). The Morgan fingerprint density at radius 3 is 2.15 bits per heavy atom. The SMILES string of the molecule is O=C(CCCOc1ccc(Cl)cc1)Nc1ccc(Oc2ccccc2)cc1. The lowest BCUT2D eigenvalue weighted by Gasteiger charge is -2.09. The van der Waals surface area contributed by atoms with Crippen LogP contribution in [0.2, 0.25) is 5.02 Å². The summed E-state index contributed by atoms with van der Waals surface area (Å²) in [5.41, 5.74) is 0.735. The molecule has 0 unspecified atom stereocenters. The summed E-state index contributed by atoms with van der Waals surface area (Å²) in [5.74, 6) is 2.19. The molecule has 0 aliphatic carbocycles. The number of carbonyl (C=O) groups excluding carboxylic acids is 1. The molecule has 0 aliphatic rings. The summed E-state index contributed by atoms with van der Waals surface area (Å²) in [4.78, 5) is 12.0. The van der Waals surface area contributed by atoms with E-state index in [0.717, 1.165) is 22.9 Å². The first-order valence-electron chi connectivity index (χ1n) is 8.70. The lowest BCUT2D eigenvalue weighted by atomic mass is 10.2. The molecule has 1 N–H and O–H groups in total. The Balaban J connectivity index is 1.39. The molecule has 0 heterocycles. The molecule has 0 saturated carbocycles. The summed E-state index contributed by atoms with van der Waals surface area (Å²) in [6.07, 6.45) is 1.01. The zero-order valence-corrected chi connectivity index (χ0v) is 15.5. The smallest absolute Gasteiger partial charge is 0.224 e. The minimum Gasteiger partial charge on any atom is -0.494 e. The number of halogens is 1. The van der Waals surface area contributed by atoms with Gasteiger partial charge in [0.25, 0.3) is 0 Å². The van der Waals surface area contributed by atoms with Crippen LogP contribution in [0.5, 0.6) is 17.2 Å². The first kappa shape index (κ1) is 18.8. The molecular formula is C22H20ClNO3. The highest BCUT2D eigenvalue weighted by molar-refractivity contribution is 6.30. The second-order valence-corrected chi connectivity index (χ2v) is 6.33. The van der Waals surface area contributed by atoms with E-state index in [4.69, 9.17) is 21.1 Å². The summed E-state index contributed by atoms with van der Waals surface area (Å²) in [6, 6.07) is 24.0. The maximum atomic E-state index is 12.0. The van der Waals surface area contributed by atoms with Gasteiger partial charge in [-0.15, -0.1) is 0 Å². The molecule has 4 nitrogen and oxygen atoms in total. The largest absolute Gasteiger partial charge is 0.494 e. The standard InChI is InChI=1S/C22H20ClNO3/c23-17-8-12-19(13-9-17)26-16-4-7-22(25)24-18-10-14-21(15-11-18)27-20-5-2-1-3-6-20/h1-3,5-6,8-15H,4,7,16H2,(H,24,25). The predicted octanol–water partition coefficient (Wildman–Crippen LogP) is 5.93. The van der Waals surface area contributed by atoms with Crippen molar-refractivity contribution in [2.75, 3.05) is 11.9 Å². The van der Waals surface area contributed by atoms with Crippen LogP contribution < -0.4 is 14.8 Å². The number of nitrogens with one attached hydrogen (secondary N) is 1. The molecule has 1 amide bonds. The summed E-state index contributed by atoms with van der Waals surface area (Å²) < 4.78 is 11.3. The van der Waals surface area contributed by atoms with Gasteiger partial charge in [-0.1, -0.05) is 29.8 Å². The Bertz CT molecular complexity index is 849. The van der Waals surface area contributed by atoms with Gasteiger partial charge in [-0.3, -0.25) is 4.79 Å². The van der Waals surface area contributed by atoms with E-state index in [2.05, 4.69) is 5.32 Å². The van der Waals surface area contributed by atoms with E-state index in [1.165, 1.54) is 0 Å². The van der Waals surface area contributed by atoms with E-state index >= 15 is 0 Å². The van der Waals surface area contributed by atoms with Crippen LogP contribution in [0.3, 0.4) is 0 Å². The van der Waals surface area contributed by atoms with Crippen LogP contribution in [0, 0.1) is 0 Å². The summed E-state index contributed by atoms with van der Waals surface area (Å²) >= 11 is 5.83. The lowest BCUT2D eigenvalue weighted by molar-refractivity contribution is -0.116. The van der Waals surface area contributed by atoms with Crippen molar-refractivity contribution in [2.24, 2.45) is 0 Å². The number of hydrogen-bond acceptors (Lipinski definition) is 3. The number of carbonyl (C=O) groups is 1. The molecule has 5 heteroatoms. The maximum absolute atomic E-state index is 12.0. The highest BCUT2D eigenvalue weighted by atomic mass is 35.5. The van der Waals surface area contributed by atoms with Crippen molar-refractivity contribution in [1.82, 2.24) is 0 Å². The molecule has 0 radical (unpaired) electrons. The molecular weight excluding hydrogens is 362 g/mol. The molecule has 0 aliphatic heterocycles. The van der Waals surface area contributed by atoms with Crippen LogP contribution in [-0.4, -0.2) is 12.5 Å². The second-order valence-electron chi connectivity index (χ2n) is 5.89. The molecule has 0 spiro atoms. The average molecular weight is 382 g/mol. The van der Waals surface area contributed by atoms with Gasteiger partial charge in [-0.25, -0.2) is 0 Å². The van der Waals surface area contributed by atoms with Gasteiger partial charge in [0.2, 0.25) is 5.91 Å². The van der Waals surface area contributed by atoms with Gasteiger partial charge in [-0.2, -0.15) is 0 Å². The summed E-state index contributed by atoms with van der Waals surface area (Å²) in [5, 5.41) is 3.54. The maximum Gasteiger partial charge on any atom is 0.224 e. The Kier molecular flexibility index (Phi) is 6.72. The van der Waals surface area contributed by atoms with Crippen LogP contribution in [0.1, 0.15) is 12.8 Å². The van der Waals surface area contributed by atoms with E-state index in [1.54, 1.807) is 12.1 Å². The van der Waals surface area contributed by atoms with Crippen molar-refractivity contribution in [1.29, 1.82) is 0 Å². The predicted molar refractivity (Wildman–Crippen MR) is 108 cm³/mol. The van der Waals surface area contributed by atoms with Gasteiger partial charge >= 0.3 is 0 Å². The minimum absolute atomic E-state index is 0.0496. The van der Waals surface area contributed by atoms with E-state index in [0.29, 0.717) is 24.5 Å². The number of rotatable bonds is 8. The fraction of sp³-hybridized carbons (Fsp3) is 0.136. The summed E-state index contributed by atoms with van der Waals surface area (Å²) in [6.45, 7) is 0.471. The van der Waals surface area contributed by atoms with Crippen molar-refractivity contribution >= 4 is 23.2 Å². The fourth-order valence-electron chi connectivity index (χ4n) is 2.41. The number of para-hydroxylation sites is 1. The number of ether oxygens (including phenoxy) is 2. The first-order valence-corrected chi connectivity index (χ1v) is 9.08. The van der Waals surface area contributed by atoms with Crippen LogP contribution in [0.25, 0.3) is 0 Å². The number of hydrogen-bond donors (Lipinski definition) is 1. The normalized spacial score (nSPS) is 10.3. The second kappa shape index (κ2) is 9.64. The third-order valence-electron chi connectivity index (χ3n) is 3.75. The van der Waals surface area contributed by atoms with Gasteiger partial charge < -0.3 is 14.8 Å². The van der Waals surface area contributed by atoms with Crippen LogP contribution in [-0.2, 0) is 4.79 Å². The van der Waals surface area contributed by atoms with Gasteiger partial charge in [-0.05, 0) is 67.1 Å². The van der Waals surface area contributed by atoms with Gasteiger partial charge in [0, 0.05) is 17.1 Å². The van der Waals surface area contributed by atoms with Gasteiger partial charge in [0.05, 0.1) is 6.61 Å². The third kappa shape index (κ3) is 6.35. The quantitative estimate of drug-likeness (QED) is 0.492. The minimum atomic E-state index is -0.0496. The van der Waals surface area contributed by atoms with Crippen molar-refractivity contribution in [3.05, 3.63) is 83.9 Å². The van der Waals surface area contributed by atoms with E-state index in [-0.39, 0.29) is 5.91 Å². The molecule has 27 heavy (non-hydrogen) atoms. The molecule has 3 aromatic rings. The third-order valence-corrected chi connectivity index (χ3v) is 4.00. The number of benzene rings is 3. The Labute approximate surface area is 163 Å². The number of amides is 1. The zero-order chi connectivity index (χ0) is 18.9. The molecule has 0 saturated heterocycles.